The summed E-state index contributed by atoms with van der Waals surface area (Å²) in [5.74, 6) is 0.657. The zero-order valence-electron chi connectivity index (χ0n) is 22.8. The van der Waals surface area contributed by atoms with E-state index in [1.807, 2.05) is 32.0 Å². The van der Waals surface area contributed by atoms with Crippen LogP contribution in [0.5, 0.6) is 11.5 Å². The number of rotatable bonds is 11. The summed E-state index contributed by atoms with van der Waals surface area (Å²) in [6.45, 7) is 3.94. The molecule has 2 heterocycles. The van der Waals surface area contributed by atoms with Crippen molar-refractivity contribution in [3.63, 3.8) is 0 Å². The lowest BCUT2D eigenvalue weighted by atomic mass is 10.0. The summed E-state index contributed by atoms with van der Waals surface area (Å²) in [6.07, 6.45) is 3.35. The van der Waals surface area contributed by atoms with Crippen LogP contribution >= 0.6 is 11.8 Å². The van der Waals surface area contributed by atoms with Gasteiger partial charge in [0.05, 0.1) is 20.0 Å². The van der Waals surface area contributed by atoms with Crippen molar-refractivity contribution in [3.05, 3.63) is 102 Å². The van der Waals surface area contributed by atoms with Gasteiger partial charge < -0.3 is 19.7 Å². The van der Waals surface area contributed by atoms with Crippen LogP contribution in [0.1, 0.15) is 28.6 Å². The molecule has 0 spiro atoms. The SMILES string of the molecule is COc1ccc(NC(=O)C(c2cccc(OC)c2)N(Cc2cccnc2)C(=O)CSc2nc(C)cc(C)n2)cc1. The molecule has 0 saturated carbocycles. The standard InChI is InChI=1S/C30H31N5O4S/c1-20-15-21(2)33-30(32-20)40-19-27(36)35(18-22-7-6-14-31-17-22)28(23-8-5-9-26(16-23)39-4)29(37)34-24-10-12-25(38-3)13-11-24/h5-17,28H,18-19H2,1-4H3,(H,34,37). The van der Waals surface area contributed by atoms with Crippen molar-refractivity contribution < 1.29 is 19.1 Å². The van der Waals surface area contributed by atoms with E-state index in [1.54, 1.807) is 80.0 Å². The Morgan fingerprint density at radius 2 is 1.65 bits per heavy atom. The zero-order valence-corrected chi connectivity index (χ0v) is 23.6. The Morgan fingerprint density at radius 1 is 0.925 bits per heavy atom. The van der Waals surface area contributed by atoms with E-state index in [-0.39, 0.29) is 24.1 Å². The first kappa shape index (κ1) is 28.6. The van der Waals surface area contributed by atoms with Gasteiger partial charge in [0, 0.05) is 36.0 Å². The van der Waals surface area contributed by atoms with E-state index >= 15 is 0 Å². The maximum atomic E-state index is 13.9. The van der Waals surface area contributed by atoms with Crippen LogP contribution in [0.2, 0.25) is 0 Å². The van der Waals surface area contributed by atoms with E-state index in [1.165, 1.54) is 11.8 Å². The summed E-state index contributed by atoms with van der Waals surface area (Å²) in [5.41, 5.74) is 3.61. The molecule has 0 fully saturated rings. The molecule has 2 aromatic carbocycles. The van der Waals surface area contributed by atoms with Crippen LogP contribution < -0.4 is 14.8 Å². The lowest BCUT2D eigenvalue weighted by molar-refractivity contribution is -0.137. The molecule has 40 heavy (non-hydrogen) atoms. The number of aromatic nitrogens is 3. The molecule has 0 bridgehead atoms. The Balaban J connectivity index is 1.70. The van der Waals surface area contributed by atoms with E-state index in [9.17, 15) is 9.59 Å². The Labute approximate surface area is 238 Å². The third-order valence-electron chi connectivity index (χ3n) is 6.01. The van der Waals surface area contributed by atoms with Crippen LogP contribution in [-0.2, 0) is 16.1 Å². The van der Waals surface area contributed by atoms with Crippen molar-refractivity contribution in [3.8, 4) is 11.5 Å². The van der Waals surface area contributed by atoms with Crippen LogP contribution in [0.3, 0.4) is 0 Å². The highest BCUT2D eigenvalue weighted by Gasteiger charge is 2.32. The minimum absolute atomic E-state index is 0.0411. The molecule has 206 valence electrons. The van der Waals surface area contributed by atoms with Crippen LogP contribution in [0.25, 0.3) is 0 Å². The molecule has 0 saturated heterocycles. The summed E-state index contributed by atoms with van der Waals surface area (Å²) >= 11 is 1.24. The van der Waals surface area contributed by atoms with E-state index < -0.39 is 6.04 Å². The normalized spacial score (nSPS) is 11.4. The third-order valence-corrected chi connectivity index (χ3v) is 6.84. The van der Waals surface area contributed by atoms with Crippen molar-refractivity contribution in [2.24, 2.45) is 0 Å². The number of amides is 2. The van der Waals surface area contributed by atoms with Crippen LogP contribution in [-0.4, -0.2) is 51.6 Å². The zero-order chi connectivity index (χ0) is 28.5. The number of hydrogen-bond acceptors (Lipinski definition) is 8. The maximum Gasteiger partial charge on any atom is 0.251 e. The number of nitrogens with zero attached hydrogens (tertiary/aromatic N) is 4. The molecule has 1 unspecified atom stereocenters. The molecule has 0 aliphatic rings. The van der Waals surface area contributed by atoms with Gasteiger partial charge in [-0.3, -0.25) is 14.6 Å². The van der Waals surface area contributed by atoms with Gasteiger partial charge in [-0.05, 0) is 73.5 Å². The minimum Gasteiger partial charge on any atom is -0.497 e. The van der Waals surface area contributed by atoms with Gasteiger partial charge in [-0.15, -0.1) is 0 Å². The highest BCUT2D eigenvalue weighted by molar-refractivity contribution is 7.99. The molecular weight excluding hydrogens is 526 g/mol. The van der Waals surface area contributed by atoms with Crippen LogP contribution in [0, 0.1) is 13.8 Å². The van der Waals surface area contributed by atoms with Gasteiger partial charge >= 0.3 is 0 Å². The smallest absolute Gasteiger partial charge is 0.251 e. The number of benzene rings is 2. The maximum absolute atomic E-state index is 13.9. The van der Waals surface area contributed by atoms with E-state index in [0.29, 0.717) is 27.9 Å². The lowest BCUT2D eigenvalue weighted by Gasteiger charge is -2.31. The monoisotopic (exact) mass is 557 g/mol. The number of aryl methyl sites for hydroxylation is 2. The van der Waals surface area contributed by atoms with E-state index in [4.69, 9.17) is 9.47 Å². The van der Waals surface area contributed by atoms with Gasteiger partial charge in [-0.2, -0.15) is 0 Å². The number of anilines is 1. The van der Waals surface area contributed by atoms with Gasteiger partial charge in [-0.25, -0.2) is 9.97 Å². The lowest BCUT2D eigenvalue weighted by Crippen LogP contribution is -2.41. The number of thioether (sulfide) groups is 1. The number of nitrogens with one attached hydrogen (secondary N) is 1. The first-order valence-corrected chi connectivity index (χ1v) is 13.6. The Hall–Kier alpha value is -4.44. The van der Waals surface area contributed by atoms with Gasteiger partial charge in [0.2, 0.25) is 5.91 Å². The fourth-order valence-electron chi connectivity index (χ4n) is 4.15. The number of pyridine rings is 1. The minimum atomic E-state index is -0.967. The molecule has 2 amide bonds. The van der Waals surface area contributed by atoms with Crippen LogP contribution in [0.4, 0.5) is 5.69 Å². The van der Waals surface area contributed by atoms with Gasteiger partial charge in [0.1, 0.15) is 17.5 Å². The van der Waals surface area contributed by atoms with E-state index in [2.05, 4.69) is 20.3 Å². The third kappa shape index (κ3) is 7.57. The summed E-state index contributed by atoms with van der Waals surface area (Å²) in [5, 5.41) is 3.47. The molecule has 1 atom stereocenters. The molecule has 0 aliphatic heterocycles. The second-order valence-corrected chi connectivity index (χ2v) is 9.94. The summed E-state index contributed by atoms with van der Waals surface area (Å²) in [6, 6.07) is 18.8. The van der Waals surface area contributed by atoms with Crippen LogP contribution in [0.15, 0.2) is 84.3 Å². The Kier molecular flexibility index (Phi) is 9.69. The van der Waals surface area contributed by atoms with Crippen molar-refractivity contribution >= 4 is 29.3 Å². The fraction of sp³-hybridized carbons (Fsp3) is 0.233. The molecule has 0 radical (unpaired) electrons. The molecule has 4 rings (SSSR count). The molecular formula is C30H31N5O4S. The summed E-state index contributed by atoms with van der Waals surface area (Å²) < 4.78 is 10.7. The Morgan fingerprint density at radius 3 is 2.30 bits per heavy atom. The second kappa shape index (κ2) is 13.6. The molecule has 10 heteroatoms. The largest absolute Gasteiger partial charge is 0.497 e. The Bertz CT molecular complexity index is 1430. The highest BCUT2D eigenvalue weighted by atomic mass is 32.2. The molecule has 0 aliphatic carbocycles. The van der Waals surface area contributed by atoms with Gasteiger partial charge in [0.15, 0.2) is 5.16 Å². The highest BCUT2D eigenvalue weighted by Crippen LogP contribution is 2.29. The van der Waals surface area contributed by atoms with E-state index in [0.717, 1.165) is 17.0 Å². The second-order valence-electron chi connectivity index (χ2n) is 9.00. The molecule has 2 aromatic heterocycles. The quantitative estimate of drug-likeness (QED) is 0.203. The topological polar surface area (TPSA) is 107 Å². The number of methoxy groups -OCH3 is 2. The number of ether oxygens (including phenoxy) is 2. The molecule has 9 nitrogen and oxygen atoms in total. The van der Waals surface area contributed by atoms with Gasteiger partial charge in [0.25, 0.3) is 5.91 Å². The summed E-state index contributed by atoms with van der Waals surface area (Å²) in [4.78, 5) is 42.5. The summed E-state index contributed by atoms with van der Waals surface area (Å²) in [7, 11) is 3.14. The predicted octanol–water partition coefficient (Wildman–Crippen LogP) is 5.01. The number of hydrogen-bond donors (Lipinski definition) is 1. The first-order chi connectivity index (χ1) is 19.4. The first-order valence-electron chi connectivity index (χ1n) is 12.6. The fourth-order valence-corrected chi connectivity index (χ4v) is 4.98. The van der Waals surface area contributed by atoms with Crippen molar-refractivity contribution in [1.29, 1.82) is 0 Å². The van der Waals surface area contributed by atoms with Crippen molar-refractivity contribution in [1.82, 2.24) is 19.9 Å². The molecule has 4 aromatic rings. The van der Waals surface area contributed by atoms with Gasteiger partial charge in [-0.1, -0.05) is 30.0 Å². The average Bonchev–Trinajstić information content (AvgIpc) is 2.96. The molecule has 1 N–H and O–H groups in total. The van der Waals surface area contributed by atoms with Crippen molar-refractivity contribution in [2.75, 3.05) is 25.3 Å². The average molecular weight is 558 g/mol. The predicted molar refractivity (Wildman–Crippen MR) is 154 cm³/mol. The number of carbonyl (C=O) groups is 2. The number of carbonyl (C=O) groups excluding carboxylic acids is 2. The van der Waals surface area contributed by atoms with Crippen molar-refractivity contribution in [2.45, 2.75) is 31.6 Å².